The highest BCUT2D eigenvalue weighted by Crippen LogP contribution is 2.35. The van der Waals surface area contributed by atoms with Crippen LogP contribution in [0, 0.1) is 5.92 Å². The Hall–Kier alpha value is -3.07. The molecule has 0 radical (unpaired) electrons. The van der Waals surface area contributed by atoms with Crippen LogP contribution < -0.4 is 22.9 Å². The molecule has 31 heavy (non-hydrogen) atoms. The van der Waals surface area contributed by atoms with Gasteiger partial charge in [-0.25, -0.2) is 15.0 Å². The molecule has 3 rings (SSSR count). The lowest BCUT2D eigenvalue weighted by molar-refractivity contribution is -0.138. The molecule has 2 aromatic rings. The number of hydrogen-bond donors (Lipinski definition) is 7. The normalized spacial score (nSPS) is 25.4. The molecular formula is C17H27N9O5. The zero-order valence-electron chi connectivity index (χ0n) is 16.7. The van der Waals surface area contributed by atoms with Gasteiger partial charge >= 0.3 is 5.97 Å². The first kappa shape index (κ1) is 22.6. The highest BCUT2D eigenvalue weighted by molar-refractivity contribution is 5.81. The van der Waals surface area contributed by atoms with Crippen LogP contribution in [0.2, 0.25) is 0 Å². The fourth-order valence-corrected chi connectivity index (χ4v) is 3.60. The number of hydrogen-bond acceptors (Lipinski definition) is 10. The molecule has 0 bridgehead atoms. The monoisotopic (exact) mass is 437 g/mol. The number of aliphatic hydroxyl groups excluding tert-OH is 2. The molecule has 1 fully saturated rings. The summed E-state index contributed by atoms with van der Waals surface area (Å²) in [4.78, 5) is 27.1. The average Bonchev–Trinajstić information content (AvgIpc) is 3.26. The van der Waals surface area contributed by atoms with Crippen LogP contribution in [0.5, 0.6) is 0 Å². The predicted octanol–water partition coefficient (Wildman–Crippen LogP) is -2.50. The topological polar surface area (TPSA) is 247 Å². The Morgan fingerprint density at radius 3 is 2.65 bits per heavy atom. The fraction of sp³-hybridized carbons (Fsp3) is 0.588. The van der Waals surface area contributed by atoms with Gasteiger partial charge in [0.25, 0.3) is 0 Å². The largest absolute Gasteiger partial charge is 0.480 e. The van der Waals surface area contributed by atoms with Crippen LogP contribution in [0.25, 0.3) is 11.2 Å². The van der Waals surface area contributed by atoms with Gasteiger partial charge in [0.15, 0.2) is 23.7 Å². The van der Waals surface area contributed by atoms with E-state index in [9.17, 15) is 15.0 Å². The molecule has 6 atom stereocenters. The molecule has 0 amide bonds. The van der Waals surface area contributed by atoms with Crippen LogP contribution in [0.15, 0.2) is 17.6 Å². The molecule has 11 N–H and O–H groups in total. The summed E-state index contributed by atoms with van der Waals surface area (Å²) in [6, 6.07) is -1.03. The van der Waals surface area contributed by atoms with Crippen molar-refractivity contribution in [3.8, 4) is 0 Å². The first-order valence-electron chi connectivity index (χ1n) is 9.67. The van der Waals surface area contributed by atoms with E-state index in [0.29, 0.717) is 17.6 Å². The van der Waals surface area contributed by atoms with E-state index in [-0.39, 0.29) is 37.1 Å². The van der Waals surface area contributed by atoms with Crippen LogP contribution in [0.1, 0.15) is 25.5 Å². The van der Waals surface area contributed by atoms with Crippen LogP contribution in [0.4, 0.5) is 5.82 Å². The Kier molecular flexibility index (Phi) is 6.84. The second kappa shape index (κ2) is 9.38. The molecule has 14 nitrogen and oxygen atoms in total. The van der Waals surface area contributed by atoms with Crippen molar-refractivity contribution in [1.82, 2.24) is 19.5 Å². The van der Waals surface area contributed by atoms with E-state index in [2.05, 4.69) is 19.9 Å². The number of ether oxygens (including phenoxy) is 1. The summed E-state index contributed by atoms with van der Waals surface area (Å²) in [7, 11) is 0. The molecule has 0 spiro atoms. The number of aliphatic hydroxyl groups is 2. The maximum Gasteiger partial charge on any atom is 0.320 e. The quantitative estimate of drug-likeness (QED) is 0.159. The molecule has 2 aromatic heterocycles. The third-order valence-electron chi connectivity index (χ3n) is 5.30. The molecule has 14 heteroatoms. The van der Waals surface area contributed by atoms with Gasteiger partial charge in [0, 0.05) is 6.54 Å². The Balaban J connectivity index is 1.75. The molecular weight excluding hydrogens is 410 g/mol. The molecule has 0 saturated carbocycles. The summed E-state index contributed by atoms with van der Waals surface area (Å²) in [5, 5.41) is 30.2. The fourth-order valence-electron chi connectivity index (χ4n) is 3.60. The maximum absolute atomic E-state index is 11.0. The number of carboxylic acids is 1. The summed E-state index contributed by atoms with van der Waals surface area (Å²) in [5.74, 6) is -1.28. The van der Waals surface area contributed by atoms with Crippen LogP contribution in [0.3, 0.4) is 0 Å². The number of nitrogens with zero attached hydrogens (tertiary/aromatic N) is 5. The van der Waals surface area contributed by atoms with Crippen LogP contribution in [-0.2, 0) is 9.53 Å². The second-order valence-electron chi connectivity index (χ2n) is 7.52. The number of guanidine groups is 1. The number of carboxylic acid groups (broad SMARTS) is 1. The van der Waals surface area contributed by atoms with E-state index < -0.39 is 36.6 Å². The molecule has 0 aromatic carbocycles. The number of carbonyl (C=O) groups is 1. The molecule has 3 heterocycles. The zero-order chi connectivity index (χ0) is 22.7. The van der Waals surface area contributed by atoms with Crippen molar-refractivity contribution in [3.63, 3.8) is 0 Å². The number of imidazole rings is 1. The van der Waals surface area contributed by atoms with Gasteiger partial charge < -0.3 is 43.0 Å². The summed E-state index contributed by atoms with van der Waals surface area (Å²) in [6.07, 6.45) is -0.682. The number of rotatable bonds is 9. The molecule has 1 saturated heterocycles. The van der Waals surface area contributed by atoms with E-state index >= 15 is 0 Å². The number of nitrogens with two attached hydrogens (primary N) is 4. The zero-order valence-corrected chi connectivity index (χ0v) is 16.7. The molecule has 1 aliphatic heterocycles. The van der Waals surface area contributed by atoms with E-state index in [1.54, 1.807) is 0 Å². The van der Waals surface area contributed by atoms with Gasteiger partial charge in [-0.1, -0.05) is 0 Å². The van der Waals surface area contributed by atoms with E-state index in [1.165, 1.54) is 17.2 Å². The van der Waals surface area contributed by atoms with Gasteiger partial charge in [0.05, 0.1) is 12.4 Å². The molecule has 0 aliphatic carbocycles. The highest BCUT2D eigenvalue weighted by Gasteiger charge is 2.45. The molecule has 170 valence electrons. The lowest BCUT2D eigenvalue weighted by atomic mass is 9.92. The first-order valence-corrected chi connectivity index (χ1v) is 9.67. The first-order chi connectivity index (χ1) is 14.7. The SMILES string of the molecule is NC(N)=NC[C@@H](CC[C@H](N)C(=O)O)C[C@H]1O[C@@H](n2cnc3c(N)ncnc32)[C@H](O)[C@@H]1O. The summed E-state index contributed by atoms with van der Waals surface area (Å²) in [5.41, 5.74) is 22.9. The Bertz CT molecular complexity index is 947. The van der Waals surface area contributed by atoms with Gasteiger partial charge in [-0.15, -0.1) is 0 Å². The van der Waals surface area contributed by atoms with E-state index in [0.717, 1.165) is 0 Å². The average molecular weight is 437 g/mol. The van der Waals surface area contributed by atoms with Crippen molar-refractivity contribution in [3.05, 3.63) is 12.7 Å². The number of aliphatic imine (C=N–C) groups is 1. The number of fused-ring (bicyclic) bond motifs is 1. The second-order valence-corrected chi connectivity index (χ2v) is 7.52. The lowest BCUT2D eigenvalue weighted by Crippen LogP contribution is -2.34. The van der Waals surface area contributed by atoms with Crippen molar-refractivity contribution in [2.24, 2.45) is 28.1 Å². The van der Waals surface area contributed by atoms with E-state index in [1.807, 2.05) is 0 Å². The Morgan fingerprint density at radius 2 is 1.97 bits per heavy atom. The number of aliphatic carboxylic acids is 1. The third kappa shape index (κ3) is 4.99. The standard InChI is InChI=1S/C17H27N9O5/c18-8(16(29)30)2-1-7(4-22-17(20)21)3-9-11(27)12(28)15(31-9)26-6-25-10-13(19)23-5-24-14(10)26/h5-9,11-12,15,27-28H,1-4,18H2,(H,29,30)(H2,19,23,24)(H4,20,21,22)/t7-,8-,9+,11+,12+,15+/m0/s1. The minimum absolute atomic E-state index is 0.111. The minimum atomic E-state index is -1.26. The number of nitrogen functional groups attached to an aromatic ring is 1. The van der Waals surface area contributed by atoms with Crippen molar-refractivity contribution in [1.29, 1.82) is 0 Å². The van der Waals surface area contributed by atoms with Crippen LogP contribution >= 0.6 is 0 Å². The lowest BCUT2D eigenvalue weighted by Gasteiger charge is -2.22. The van der Waals surface area contributed by atoms with Crippen molar-refractivity contribution in [2.75, 3.05) is 12.3 Å². The molecule has 1 aliphatic rings. The van der Waals surface area contributed by atoms with Crippen molar-refractivity contribution in [2.45, 2.75) is 49.8 Å². The van der Waals surface area contributed by atoms with Gasteiger partial charge in [-0.05, 0) is 25.2 Å². The van der Waals surface area contributed by atoms with Gasteiger partial charge in [0.2, 0.25) is 0 Å². The van der Waals surface area contributed by atoms with Crippen molar-refractivity contribution < 1.29 is 24.9 Å². The smallest absolute Gasteiger partial charge is 0.320 e. The summed E-state index contributed by atoms with van der Waals surface area (Å²) >= 11 is 0. The maximum atomic E-state index is 11.0. The van der Waals surface area contributed by atoms with Crippen molar-refractivity contribution >= 4 is 28.9 Å². The number of aromatic nitrogens is 4. The predicted molar refractivity (Wildman–Crippen MR) is 109 cm³/mol. The Labute approximate surface area is 176 Å². The summed E-state index contributed by atoms with van der Waals surface area (Å²) in [6.45, 7) is 0.194. The third-order valence-corrected chi connectivity index (χ3v) is 5.30. The van der Waals surface area contributed by atoms with E-state index in [4.69, 9.17) is 32.8 Å². The highest BCUT2D eigenvalue weighted by atomic mass is 16.6. The van der Waals surface area contributed by atoms with Crippen LogP contribution in [-0.4, -0.2) is 77.7 Å². The van der Waals surface area contributed by atoms with Gasteiger partial charge in [-0.2, -0.15) is 0 Å². The minimum Gasteiger partial charge on any atom is -0.480 e. The van der Waals surface area contributed by atoms with Gasteiger partial charge in [-0.3, -0.25) is 14.4 Å². The summed E-state index contributed by atoms with van der Waals surface area (Å²) < 4.78 is 7.41. The number of anilines is 1. The molecule has 0 unspecified atom stereocenters. The van der Waals surface area contributed by atoms with Gasteiger partial charge in [0.1, 0.15) is 30.1 Å². The Morgan fingerprint density at radius 1 is 1.23 bits per heavy atom.